The Morgan fingerprint density at radius 2 is 1.13 bits per heavy atom. The van der Waals surface area contributed by atoms with E-state index in [9.17, 15) is 19.2 Å². The van der Waals surface area contributed by atoms with Crippen LogP contribution >= 0.6 is 34.3 Å². The van der Waals surface area contributed by atoms with Crippen LogP contribution in [0.4, 0.5) is 0 Å². The second kappa shape index (κ2) is 18.5. The summed E-state index contributed by atoms with van der Waals surface area (Å²) in [5.74, 6) is -2.15. The Balaban J connectivity index is 0.000000184. The number of ether oxygens (including phenoxy) is 2. The number of nitrogens with zero attached hydrogens (tertiary/aromatic N) is 3. The molecule has 0 fully saturated rings. The Hall–Kier alpha value is -6.28. The molecule has 0 amide bonds. The summed E-state index contributed by atoms with van der Waals surface area (Å²) in [6.45, 7) is 10.6. The predicted molar refractivity (Wildman–Crippen MR) is 238 cm³/mol. The second-order valence-electron chi connectivity index (χ2n) is 14.6. The third-order valence-corrected chi connectivity index (χ3v) is 12.6. The lowest BCUT2D eigenvalue weighted by molar-refractivity contribution is -0.141. The highest BCUT2D eigenvalue weighted by molar-refractivity contribution is 7.17. The molecule has 2 aliphatic rings. The summed E-state index contributed by atoms with van der Waals surface area (Å²) in [7, 11) is 0. The first-order valence-electron chi connectivity index (χ1n) is 19.3. The van der Waals surface area contributed by atoms with Crippen LogP contribution in [0.15, 0.2) is 141 Å². The minimum Gasteiger partial charge on any atom is -0.457 e. The molecular formula is C47H42ClN5O6S2. The van der Waals surface area contributed by atoms with Gasteiger partial charge in [0.2, 0.25) is 0 Å². The molecule has 0 saturated carbocycles. The van der Waals surface area contributed by atoms with E-state index in [0.29, 0.717) is 38.7 Å². The SMILES string of the molecule is CC(=O)C1=C(C)NC(C)=C(C(=O)OCc2cccnc2)C1c1csc2ccc(Cl)cc12.CC(=O)C1=C(C)NC(C)=C(C(=O)OCc2cccnc2)C1c1csc2ncccc12. The number of halogens is 1. The van der Waals surface area contributed by atoms with E-state index in [1.165, 1.54) is 25.2 Å². The number of dihydropyridines is 2. The number of hydrogen-bond donors (Lipinski definition) is 2. The van der Waals surface area contributed by atoms with Gasteiger partial charge < -0.3 is 20.1 Å². The zero-order chi connectivity index (χ0) is 43.4. The highest BCUT2D eigenvalue weighted by Gasteiger charge is 2.39. The van der Waals surface area contributed by atoms with Gasteiger partial charge in [0, 0.05) is 103 Å². The maximum absolute atomic E-state index is 13.3. The molecule has 2 aliphatic heterocycles. The second-order valence-corrected chi connectivity index (χ2v) is 16.8. The Kier molecular flexibility index (Phi) is 13.0. The number of ketones is 2. The number of aromatic nitrogens is 3. The van der Waals surface area contributed by atoms with Crippen LogP contribution in [0.25, 0.3) is 20.3 Å². The van der Waals surface area contributed by atoms with E-state index >= 15 is 0 Å². The third kappa shape index (κ3) is 9.09. The summed E-state index contributed by atoms with van der Waals surface area (Å²) in [5.41, 5.74) is 8.19. The van der Waals surface area contributed by atoms with E-state index < -0.39 is 23.8 Å². The van der Waals surface area contributed by atoms with Crippen LogP contribution in [0.5, 0.6) is 0 Å². The fourth-order valence-electron chi connectivity index (χ4n) is 7.86. The number of carbonyl (C=O) groups is 4. The summed E-state index contributed by atoms with van der Waals surface area (Å²) in [4.78, 5) is 65.1. The number of hydrogen-bond acceptors (Lipinski definition) is 13. The average Bonchev–Trinajstić information content (AvgIpc) is 3.86. The molecule has 7 heterocycles. The molecule has 0 bridgehead atoms. The third-order valence-electron chi connectivity index (χ3n) is 10.5. The van der Waals surface area contributed by atoms with Gasteiger partial charge in [-0.3, -0.25) is 19.6 Å². The normalized spacial score (nSPS) is 16.5. The number of carbonyl (C=O) groups excluding carboxylic acids is 4. The number of nitrogens with one attached hydrogen (secondary N) is 2. The first-order valence-corrected chi connectivity index (χ1v) is 21.5. The van der Waals surface area contributed by atoms with Gasteiger partial charge in [-0.05, 0) is 105 Å². The monoisotopic (exact) mass is 871 g/mol. The first-order chi connectivity index (χ1) is 29.3. The lowest BCUT2D eigenvalue weighted by Gasteiger charge is -2.30. The molecule has 0 spiro atoms. The van der Waals surface area contributed by atoms with Crippen LogP contribution in [0.1, 0.15) is 75.6 Å². The van der Waals surface area contributed by atoms with Crippen LogP contribution in [0, 0.1) is 0 Å². The Labute approximate surface area is 365 Å². The Morgan fingerprint density at radius 1 is 0.639 bits per heavy atom. The van der Waals surface area contributed by atoms with Gasteiger partial charge in [0.1, 0.15) is 18.0 Å². The molecule has 0 radical (unpaired) electrons. The maximum Gasteiger partial charge on any atom is 0.337 e. The summed E-state index contributed by atoms with van der Waals surface area (Å²) in [6.07, 6.45) is 8.39. The molecule has 5 aromatic heterocycles. The van der Waals surface area contributed by atoms with Crippen molar-refractivity contribution in [3.05, 3.63) is 169 Å². The number of esters is 2. The number of allylic oxidation sites excluding steroid dienone is 6. The lowest BCUT2D eigenvalue weighted by atomic mass is 9.79. The van der Waals surface area contributed by atoms with E-state index in [4.69, 9.17) is 21.1 Å². The molecule has 0 aliphatic carbocycles. The van der Waals surface area contributed by atoms with E-state index in [-0.39, 0.29) is 24.8 Å². The first kappa shape index (κ1) is 42.8. The molecule has 2 atom stereocenters. The largest absolute Gasteiger partial charge is 0.457 e. The van der Waals surface area contributed by atoms with Crippen molar-refractivity contribution in [1.29, 1.82) is 0 Å². The smallest absolute Gasteiger partial charge is 0.337 e. The predicted octanol–water partition coefficient (Wildman–Crippen LogP) is 9.78. The fraction of sp³-hybridized carbons (Fsp3) is 0.213. The topological polar surface area (TPSA) is 149 Å². The van der Waals surface area contributed by atoms with Crippen LogP contribution < -0.4 is 10.6 Å². The van der Waals surface area contributed by atoms with Crippen LogP contribution in [-0.2, 0) is 41.9 Å². The molecule has 1 aromatic carbocycles. The van der Waals surface area contributed by atoms with Crippen molar-refractivity contribution in [2.45, 2.75) is 66.6 Å². The van der Waals surface area contributed by atoms with Crippen molar-refractivity contribution < 1.29 is 28.7 Å². The van der Waals surface area contributed by atoms with Gasteiger partial charge in [0.05, 0.1) is 11.1 Å². The minimum atomic E-state index is -0.535. The number of benzene rings is 1. The van der Waals surface area contributed by atoms with Crippen LogP contribution in [0.2, 0.25) is 5.02 Å². The zero-order valence-electron chi connectivity index (χ0n) is 34.3. The number of rotatable bonds is 10. The van der Waals surface area contributed by atoms with Gasteiger partial charge in [0.15, 0.2) is 11.6 Å². The average molecular weight is 872 g/mol. The van der Waals surface area contributed by atoms with Crippen molar-refractivity contribution >= 4 is 78.1 Å². The minimum absolute atomic E-state index is 0.0849. The summed E-state index contributed by atoms with van der Waals surface area (Å²) >= 11 is 9.32. The van der Waals surface area contributed by atoms with Crippen molar-refractivity contribution in [3.63, 3.8) is 0 Å². The van der Waals surface area contributed by atoms with Gasteiger partial charge >= 0.3 is 11.9 Å². The molecule has 14 heteroatoms. The molecule has 2 unspecified atom stereocenters. The lowest BCUT2D eigenvalue weighted by Crippen LogP contribution is -2.31. The summed E-state index contributed by atoms with van der Waals surface area (Å²) < 4.78 is 12.3. The molecule has 61 heavy (non-hydrogen) atoms. The maximum atomic E-state index is 13.3. The molecule has 2 N–H and O–H groups in total. The molecule has 310 valence electrons. The fourth-order valence-corrected chi connectivity index (χ4v) is 9.94. The highest BCUT2D eigenvalue weighted by Crippen LogP contribution is 2.45. The Bertz CT molecular complexity index is 2820. The molecule has 6 aromatic rings. The quantitative estimate of drug-likeness (QED) is 0.127. The molecule has 0 saturated heterocycles. The molecule has 11 nitrogen and oxygen atoms in total. The van der Waals surface area contributed by atoms with Gasteiger partial charge in [-0.15, -0.1) is 22.7 Å². The van der Waals surface area contributed by atoms with E-state index in [1.54, 1.807) is 54.5 Å². The number of Topliss-reactive ketones (excluding diaryl/α,β-unsaturated/α-hetero) is 2. The van der Waals surface area contributed by atoms with E-state index in [1.807, 2.05) is 80.9 Å². The number of fused-ring (bicyclic) bond motifs is 2. The zero-order valence-corrected chi connectivity index (χ0v) is 36.7. The molecular weight excluding hydrogens is 830 g/mol. The van der Waals surface area contributed by atoms with Crippen molar-refractivity contribution in [2.24, 2.45) is 0 Å². The standard InChI is InChI=1S/C24H21ClN2O3S.C23H21N3O3S/c1-13-21(15(3)28)23(19-12-31-20-7-6-17(25)9-18(19)20)22(14(2)27-13)24(29)30-11-16-5-4-8-26-10-16;1-13-19(15(3)27)21(18-12-30-22-17(18)7-5-9-25-22)20(14(2)26-13)23(28)29-11-16-6-4-8-24-10-16/h4-10,12,23,27H,11H2,1-3H3;4-10,12,21,26H,11H2,1-3H3. The van der Waals surface area contributed by atoms with Crippen LogP contribution in [0.3, 0.4) is 0 Å². The highest BCUT2D eigenvalue weighted by atomic mass is 35.5. The number of pyridine rings is 3. The van der Waals surface area contributed by atoms with Crippen LogP contribution in [-0.4, -0.2) is 38.5 Å². The van der Waals surface area contributed by atoms with Gasteiger partial charge in [-0.1, -0.05) is 29.8 Å². The summed E-state index contributed by atoms with van der Waals surface area (Å²) in [6, 6.07) is 16.8. The van der Waals surface area contributed by atoms with Gasteiger partial charge in [0.25, 0.3) is 0 Å². The summed E-state index contributed by atoms with van der Waals surface area (Å²) in [5, 5.41) is 12.8. The molecule has 8 rings (SSSR count). The van der Waals surface area contributed by atoms with Gasteiger partial charge in [-0.2, -0.15) is 0 Å². The van der Waals surface area contributed by atoms with Gasteiger partial charge in [-0.25, -0.2) is 14.6 Å². The van der Waals surface area contributed by atoms with E-state index in [2.05, 4.69) is 25.6 Å². The number of thiophene rings is 2. The van der Waals surface area contributed by atoms with Crippen molar-refractivity contribution in [3.8, 4) is 0 Å². The van der Waals surface area contributed by atoms with Crippen molar-refractivity contribution in [2.75, 3.05) is 0 Å². The van der Waals surface area contributed by atoms with Crippen molar-refractivity contribution in [1.82, 2.24) is 25.6 Å². The van der Waals surface area contributed by atoms with E-state index in [0.717, 1.165) is 54.0 Å². The Morgan fingerprint density at radius 3 is 1.64 bits per heavy atom.